The Bertz CT molecular complexity index is 242. The molecule has 0 unspecified atom stereocenters. The molecule has 0 bridgehead atoms. The summed E-state index contributed by atoms with van der Waals surface area (Å²) < 4.78 is 26.6. The van der Waals surface area contributed by atoms with Crippen LogP contribution < -0.4 is 4.72 Å². The molecule has 0 spiro atoms. The Morgan fingerprint density at radius 3 is 2.50 bits per heavy atom. The summed E-state index contributed by atoms with van der Waals surface area (Å²) in [6.07, 6.45) is 3.47. The Morgan fingerprint density at radius 1 is 1.42 bits per heavy atom. The molecule has 1 fully saturated rings. The quantitative estimate of drug-likeness (QED) is 0.639. The number of hydrogen-bond donors (Lipinski definition) is 1. The first-order valence-electron chi connectivity index (χ1n) is 4.02. The fourth-order valence-corrected chi connectivity index (χ4v) is 2.43. The summed E-state index contributed by atoms with van der Waals surface area (Å²) >= 11 is 0. The third kappa shape index (κ3) is 2.30. The first-order valence-corrected chi connectivity index (χ1v) is 5.46. The fourth-order valence-electron chi connectivity index (χ4n) is 1.18. The number of hydrogen-bond acceptors (Lipinski definition) is 2. The molecule has 4 nitrogen and oxygen atoms in total. The maximum absolute atomic E-state index is 11.4. The van der Waals surface area contributed by atoms with Gasteiger partial charge < -0.3 is 0 Å². The highest BCUT2D eigenvalue weighted by Crippen LogP contribution is 2.10. The molecule has 1 aliphatic rings. The molecule has 1 rings (SSSR count). The van der Waals surface area contributed by atoms with Crippen molar-refractivity contribution in [1.82, 2.24) is 9.03 Å². The van der Waals surface area contributed by atoms with Crippen molar-refractivity contribution in [3.63, 3.8) is 0 Å². The van der Waals surface area contributed by atoms with Crippen LogP contribution in [0.25, 0.3) is 0 Å². The van der Waals surface area contributed by atoms with Crippen molar-refractivity contribution in [3.8, 4) is 0 Å². The molecule has 1 heterocycles. The topological polar surface area (TPSA) is 49.4 Å². The summed E-state index contributed by atoms with van der Waals surface area (Å²) in [6, 6.07) is 0. The van der Waals surface area contributed by atoms with Gasteiger partial charge in [-0.2, -0.15) is 17.4 Å². The van der Waals surface area contributed by atoms with Gasteiger partial charge in [0.15, 0.2) is 0 Å². The van der Waals surface area contributed by atoms with E-state index in [0.29, 0.717) is 19.6 Å². The zero-order chi connectivity index (χ0) is 9.03. The van der Waals surface area contributed by atoms with Crippen LogP contribution in [-0.2, 0) is 10.2 Å². The zero-order valence-corrected chi connectivity index (χ0v) is 7.81. The van der Waals surface area contributed by atoms with Crippen LogP contribution in [0.15, 0.2) is 12.7 Å². The molecule has 0 amide bonds. The molecule has 0 aliphatic carbocycles. The van der Waals surface area contributed by atoms with Crippen molar-refractivity contribution in [2.75, 3.05) is 19.6 Å². The van der Waals surface area contributed by atoms with E-state index >= 15 is 0 Å². The van der Waals surface area contributed by atoms with Gasteiger partial charge in [-0.15, -0.1) is 6.58 Å². The summed E-state index contributed by atoms with van der Waals surface area (Å²) in [7, 11) is -3.21. The van der Waals surface area contributed by atoms with E-state index in [9.17, 15) is 8.42 Å². The van der Waals surface area contributed by atoms with E-state index in [2.05, 4.69) is 11.3 Å². The third-order valence-corrected chi connectivity index (χ3v) is 3.39. The van der Waals surface area contributed by atoms with E-state index in [1.54, 1.807) is 0 Å². The van der Waals surface area contributed by atoms with E-state index in [4.69, 9.17) is 0 Å². The minimum Gasteiger partial charge on any atom is -0.198 e. The van der Waals surface area contributed by atoms with Crippen molar-refractivity contribution < 1.29 is 8.42 Å². The Balaban J connectivity index is 2.51. The van der Waals surface area contributed by atoms with Gasteiger partial charge in [0.05, 0.1) is 0 Å². The summed E-state index contributed by atoms with van der Waals surface area (Å²) in [6.45, 7) is 5.04. The highest BCUT2D eigenvalue weighted by atomic mass is 32.2. The normalized spacial score (nSPS) is 19.7. The van der Waals surface area contributed by atoms with Gasteiger partial charge in [-0.05, 0) is 12.8 Å². The second-order valence-corrected chi connectivity index (χ2v) is 4.50. The summed E-state index contributed by atoms with van der Waals surface area (Å²) in [5.41, 5.74) is 0. The molecule has 0 radical (unpaired) electrons. The van der Waals surface area contributed by atoms with Crippen LogP contribution in [0, 0.1) is 0 Å². The van der Waals surface area contributed by atoms with Crippen LogP contribution in [0.1, 0.15) is 12.8 Å². The van der Waals surface area contributed by atoms with Crippen molar-refractivity contribution in [2.45, 2.75) is 12.8 Å². The molecule has 70 valence electrons. The summed E-state index contributed by atoms with van der Waals surface area (Å²) in [4.78, 5) is 0. The minimum absolute atomic E-state index is 0.304. The third-order valence-electron chi connectivity index (χ3n) is 1.82. The first kappa shape index (κ1) is 9.70. The van der Waals surface area contributed by atoms with Gasteiger partial charge in [0.1, 0.15) is 0 Å². The highest BCUT2D eigenvalue weighted by molar-refractivity contribution is 7.87. The largest absolute Gasteiger partial charge is 0.279 e. The summed E-state index contributed by atoms with van der Waals surface area (Å²) in [5, 5.41) is 0. The molecule has 1 saturated heterocycles. The van der Waals surface area contributed by atoms with Gasteiger partial charge in [0, 0.05) is 19.6 Å². The number of nitrogens with zero attached hydrogens (tertiary/aromatic N) is 1. The number of nitrogens with one attached hydrogen (secondary N) is 1. The van der Waals surface area contributed by atoms with Crippen LogP contribution >= 0.6 is 0 Å². The van der Waals surface area contributed by atoms with Gasteiger partial charge in [0.25, 0.3) is 10.2 Å². The molecule has 1 N–H and O–H groups in total. The zero-order valence-electron chi connectivity index (χ0n) is 6.99. The lowest BCUT2D eigenvalue weighted by atomic mass is 10.4. The minimum atomic E-state index is -3.21. The van der Waals surface area contributed by atoms with Gasteiger partial charge in [-0.25, -0.2) is 0 Å². The Kier molecular flexibility index (Phi) is 3.25. The first-order chi connectivity index (χ1) is 5.67. The molecule has 12 heavy (non-hydrogen) atoms. The Hall–Kier alpha value is -0.390. The van der Waals surface area contributed by atoms with Gasteiger partial charge in [-0.3, -0.25) is 0 Å². The van der Waals surface area contributed by atoms with Crippen LogP contribution in [0.3, 0.4) is 0 Å². The Labute approximate surface area is 73.4 Å². The molecule has 0 aromatic rings. The molecule has 1 aliphatic heterocycles. The lowest BCUT2D eigenvalue weighted by molar-refractivity contribution is 0.468. The Morgan fingerprint density at radius 2 is 2.00 bits per heavy atom. The van der Waals surface area contributed by atoms with Crippen LogP contribution in [0.2, 0.25) is 0 Å². The maximum atomic E-state index is 11.4. The molecular weight excluding hydrogens is 176 g/mol. The fraction of sp³-hybridized carbons (Fsp3) is 0.714. The second-order valence-electron chi connectivity index (χ2n) is 2.75. The van der Waals surface area contributed by atoms with Gasteiger partial charge >= 0.3 is 0 Å². The van der Waals surface area contributed by atoms with Crippen molar-refractivity contribution >= 4 is 10.2 Å². The maximum Gasteiger partial charge on any atom is 0.279 e. The molecule has 0 aromatic carbocycles. The molecule has 0 atom stereocenters. The monoisotopic (exact) mass is 190 g/mol. The average molecular weight is 190 g/mol. The van der Waals surface area contributed by atoms with Crippen molar-refractivity contribution in [2.24, 2.45) is 0 Å². The van der Waals surface area contributed by atoms with E-state index in [1.165, 1.54) is 10.4 Å². The van der Waals surface area contributed by atoms with Crippen LogP contribution in [0.4, 0.5) is 0 Å². The van der Waals surface area contributed by atoms with E-state index in [1.807, 2.05) is 0 Å². The van der Waals surface area contributed by atoms with E-state index in [0.717, 1.165) is 12.8 Å². The predicted octanol–water partition coefficient (Wildman–Crippen LogP) is 0.103. The van der Waals surface area contributed by atoms with Crippen molar-refractivity contribution in [3.05, 3.63) is 12.7 Å². The van der Waals surface area contributed by atoms with Crippen LogP contribution in [-0.4, -0.2) is 32.4 Å². The molecule has 5 heteroatoms. The van der Waals surface area contributed by atoms with Gasteiger partial charge in [0.2, 0.25) is 0 Å². The standard InChI is InChI=1S/C7H14N2O2S/c1-2-5-8-12(10,11)9-6-3-4-7-9/h2,8H,1,3-7H2. The molecule has 0 aromatic heterocycles. The highest BCUT2D eigenvalue weighted by Gasteiger charge is 2.23. The lowest BCUT2D eigenvalue weighted by Crippen LogP contribution is -2.38. The second kappa shape index (κ2) is 4.02. The number of rotatable bonds is 4. The lowest BCUT2D eigenvalue weighted by Gasteiger charge is -2.14. The van der Waals surface area contributed by atoms with Gasteiger partial charge in [-0.1, -0.05) is 6.08 Å². The van der Waals surface area contributed by atoms with Crippen molar-refractivity contribution in [1.29, 1.82) is 0 Å². The van der Waals surface area contributed by atoms with Crippen LogP contribution in [0.5, 0.6) is 0 Å². The predicted molar refractivity (Wildman–Crippen MR) is 47.9 cm³/mol. The smallest absolute Gasteiger partial charge is 0.198 e. The van der Waals surface area contributed by atoms with E-state index < -0.39 is 10.2 Å². The SMILES string of the molecule is C=CCNS(=O)(=O)N1CCCC1. The summed E-state index contributed by atoms with van der Waals surface area (Å²) in [5.74, 6) is 0. The average Bonchev–Trinajstić information content (AvgIpc) is 2.53. The molecule has 0 saturated carbocycles. The molecular formula is C7H14N2O2S. The van der Waals surface area contributed by atoms with E-state index in [-0.39, 0.29) is 0 Å².